The van der Waals surface area contributed by atoms with Gasteiger partial charge in [-0.2, -0.15) is 0 Å². The van der Waals surface area contributed by atoms with Crippen molar-refractivity contribution >= 4 is 37.5 Å². The molecule has 2 rings (SSSR count). The lowest BCUT2D eigenvalue weighted by atomic mass is 10.2. The minimum absolute atomic E-state index is 0.0764. The van der Waals surface area contributed by atoms with Gasteiger partial charge in [0.25, 0.3) is 10.0 Å². The number of aromatic nitrogens is 1. The van der Waals surface area contributed by atoms with Crippen LogP contribution in [0.2, 0.25) is 0 Å². The highest BCUT2D eigenvalue weighted by molar-refractivity contribution is 9.10. The fourth-order valence-corrected chi connectivity index (χ4v) is 3.33. The van der Waals surface area contributed by atoms with Crippen molar-refractivity contribution < 1.29 is 8.42 Å². The minimum Gasteiger partial charge on any atom is -0.384 e. The van der Waals surface area contributed by atoms with E-state index in [4.69, 9.17) is 5.73 Å². The third-order valence-electron chi connectivity index (χ3n) is 2.43. The maximum Gasteiger partial charge on any atom is 0.262 e. The molecule has 19 heavy (non-hydrogen) atoms. The second-order valence-corrected chi connectivity index (χ2v) is 6.54. The lowest BCUT2D eigenvalue weighted by Gasteiger charge is -2.10. The number of sulfonamides is 1. The third kappa shape index (κ3) is 3.24. The van der Waals surface area contributed by atoms with Crippen molar-refractivity contribution in [2.45, 2.75) is 11.8 Å². The molecule has 0 bridgehead atoms. The van der Waals surface area contributed by atoms with Gasteiger partial charge in [0.15, 0.2) is 0 Å². The van der Waals surface area contributed by atoms with Gasteiger partial charge in [-0.25, -0.2) is 13.4 Å². The summed E-state index contributed by atoms with van der Waals surface area (Å²) < 4.78 is 27.5. The number of anilines is 2. The molecule has 0 saturated carbocycles. The second kappa shape index (κ2) is 5.18. The molecule has 0 atom stereocenters. The highest BCUT2D eigenvalue weighted by Gasteiger charge is 2.16. The predicted molar refractivity (Wildman–Crippen MR) is 78.3 cm³/mol. The Morgan fingerprint density at radius 1 is 1.26 bits per heavy atom. The smallest absolute Gasteiger partial charge is 0.262 e. The van der Waals surface area contributed by atoms with Gasteiger partial charge in [0.1, 0.15) is 5.82 Å². The van der Waals surface area contributed by atoms with Gasteiger partial charge < -0.3 is 5.73 Å². The molecule has 0 radical (unpaired) electrons. The van der Waals surface area contributed by atoms with Gasteiger partial charge >= 0.3 is 0 Å². The molecule has 0 spiro atoms. The lowest BCUT2D eigenvalue weighted by Crippen LogP contribution is -2.13. The van der Waals surface area contributed by atoms with Crippen molar-refractivity contribution in [1.29, 1.82) is 0 Å². The minimum atomic E-state index is -3.67. The van der Waals surface area contributed by atoms with Crippen LogP contribution in [0.25, 0.3) is 0 Å². The Kier molecular flexibility index (Phi) is 3.77. The van der Waals surface area contributed by atoms with Crippen LogP contribution in [0, 0.1) is 6.92 Å². The van der Waals surface area contributed by atoms with Gasteiger partial charge in [-0.3, -0.25) is 4.72 Å². The van der Waals surface area contributed by atoms with Crippen LogP contribution in [-0.4, -0.2) is 13.4 Å². The molecule has 0 saturated heterocycles. The van der Waals surface area contributed by atoms with Gasteiger partial charge in [-0.05, 0) is 46.6 Å². The average molecular weight is 342 g/mol. The summed E-state index contributed by atoms with van der Waals surface area (Å²) in [6, 6.07) is 8.05. The molecule has 1 aromatic carbocycles. The van der Waals surface area contributed by atoms with E-state index in [1.54, 1.807) is 6.07 Å². The average Bonchev–Trinajstić information content (AvgIpc) is 2.33. The van der Waals surface area contributed by atoms with Gasteiger partial charge in [-0.1, -0.05) is 6.07 Å². The summed E-state index contributed by atoms with van der Waals surface area (Å²) >= 11 is 3.32. The van der Waals surface area contributed by atoms with Crippen LogP contribution in [0.3, 0.4) is 0 Å². The molecule has 1 heterocycles. The number of nitrogens with zero attached hydrogens (tertiary/aromatic N) is 1. The van der Waals surface area contributed by atoms with E-state index in [9.17, 15) is 8.42 Å². The SMILES string of the molecule is Cc1ccc(NS(=O)(=O)c2ccnc(N)c2)c(Br)c1. The number of hydrogen-bond donors (Lipinski definition) is 2. The first kappa shape index (κ1) is 13.8. The monoisotopic (exact) mass is 341 g/mol. The molecular formula is C12H12BrN3O2S. The van der Waals surface area contributed by atoms with Crippen molar-refractivity contribution in [3.05, 3.63) is 46.6 Å². The normalized spacial score (nSPS) is 11.3. The summed E-state index contributed by atoms with van der Waals surface area (Å²) in [7, 11) is -3.67. The zero-order valence-electron chi connectivity index (χ0n) is 10.1. The maximum atomic E-state index is 12.2. The summed E-state index contributed by atoms with van der Waals surface area (Å²) in [6.07, 6.45) is 1.36. The van der Waals surface area contributed by atoms with E-state index in [1.807, 2.05) is 19.1 Å². The first-order chi connectivity index (χ1) is 8.88. The standard InChI is InChI=1S/C12H12BrN3O2S/c1-8-2-3-11(10(13)6-8)16-19(17,18)9-4-5-15-12(14)7-9/h2-7,16H,1H3,(H2,14,15). The summed E-state index contributed by atoms with van der Waals surface area (Å²) in [5.74, 6) is 0.158. The summed E-state index contributed by atoms with van der Waals surface area (Å²) in [6.45, 7) is 1.92. The van der Waals surface area contributed by atoms with Gasteiger partial charge in [0.2, 0.25) is 0 Å². The Morgan fingerprint density at radius 3 is 2.63 bits per heavy atom. The van der Waals surface area contributed by atoms with Crippen LogP contribution >= 0.6 is 15.9 Å². The number of aryl methyl sites for hydroxylation is 1. The van der Waals surface area contributed by atoms with E-state index in [0.717, 1.165) is 5.56 Å². The first-order valence-electron chi connectivity index (χ1n) is 5.39. The molecule has 0 amide bonds. The number of pyridine rings is 1. The van der Waals surface area contributed by atoms with Crippen LogP contribution in [0.5, 0.6) is 0 Å². The molecule has 2 aromatic rings. The number of halogens is 1. The molecule has 5 nitrogen and oxygen atoms in total. The van der Waals surface area contributed by atoms with Crippen LogP contribution < -0.4 is 10.5 Å². The summed E-state index contributed by atoms with van der Waals surface area (Å²) in [5.41, 5.74) is 6.99. The fraction of sp³-hybridized carbons (Fsp3) is 0.0833. The van der Waals surface area contributed by atoms with Crippen LogP contribution in [0.4, 0.5) is 11.5 Å². The zero-order chi connectivity index (χ0) is 14.0. The molecular weight excluding hydrogens is 330 g/mol. The molecule has 0 aliphatic carbocycles. The van der Waals surface area contributed by atoms with E-state index in [-0.39, 0.29) is 10.7 Å². The van der Waals surface area contributed by atoms with E-state index >= 15 is 0 Å². The molecule has 1 aromatic heterocycles. The summed E-state index contributed by atoms with van der Waals surface area (Å²) in [5, 5.41) is 0. The Hall–Kier alpha value is -1.60. The topological polar surface area (TPSA) is 85.1 Å². The highest BCUT2D eigenvalue weighted by atomic mass is 79.9. The Morgan fingerprint density at radius 2 is 2.00 bits per heavy atom. The highest BCUT2D eigenvalue weighted by Crippen LogP contribution is 2.26. The Bertz CT molecular complexity index is 717. The van der Waals surface area contributed by atoms with Crippen molar-refractivity contribution in [3.8, 4) is 0 Å². The number of nitrogen functional groups attached to an aromatic ring is 1. The number of benzene rings is 1. The molecule has 0 aliphatic heterocycles. The maximum absolute atomic E-state index is 12.2. The lowest BCUT2D eigenvalue weighted by molar-refractivity contribution is 0.601. The van der Waals surface area contributed by atoms with Gasteiger partial charge in [-0.15, -0.1) is 0 Å². The van der Waals surface area contributed by atoms with Crippen molar-refractivity contribution in [2.75, 3.05) is 10.5 Å². The Balaban J connectivity index is 2.36. The largest absolute Gasteiger partial charge is 0.384 e. The fourth-order valence-electron chi connectivity index (χ4n) is 1.50. The number of nitrogens with one attached hydrogen (secondary N) is 1. The van der Waals surface area contributed by atoms with Crippen molar-refractivity contribution in [1.82, 2.24) is 4.98 Å². The van der Waals surface area contributed by atoms with Crippen LogP contribution in [0.15, 0.2) is 45.9 Å². The number of rotatable bonds is 3. The quantitative estimate of drug-likeness (QED) is 0.898. The molecule has 100 valence electrons. The first-order valence-corrected chi connectivity index (χ1v) is 7.66. The molecule has 0 fully saturated rings. The number of nitrogens with two attached hydrogens (primary N) is 1. The van der Waals surface area contributed by atoms with Gasteiger partial charge in [0, 0.05) is 16.7 Å². The predicted octanol–water partition coefficient (Wildman–Crippen LogP) is 2.54. The van der Waals surface area contributed by atoms with Crippen molar-refractivity contribution in [3.63, 3.8) is 0 Å². The van der Waals surface area contributed by atoms with E-state index in [1.165, 1.54) is 18.3 Å². The van der Waals surface area contributed by atoms with E-state index < -0.39 is 10.0 Å². The third-order valence-corrected chi connectivity index (χ3v) is 4.45. The van der Waals surface area contributed by atoms with Gasteiger partial charge in [0.05, 0.1) is 10.6 Å². The number of hydrogen-bond acceptors (Lipinski definition) is 4. The molecule has 3 N–H and O–H groups in total. The van der Waals surface area contributed by atoms with Crippen molar-refractivity contribution in [2.24, 2.45) is 0 Å². The van der Waals surface area contributed by atoms with E-state index in [0.29, 0.717) is 10.2 Å². The van der Waals surface area contributed by atoms with Crippen LogP contribution in [-0.2, 0) is 10.0 Å². The molecule has 0 aliphatic rings. The second-order valence-electron chi connectivity index (χ2n) is 4.01. The molecule has 0 unspecified atom stereocenters. The summed E-state index contributed by atoms with van der Waals surface area (Å²) in [4.78, 5) is 3.84. The zero-order valence-corrected chi connectivity index (χ0v) is 12.5. The van der Waals surface area contributed by atoms with Crippen LogP contribution in [0.1, 0.15) is 5.56 Å². The Labute approximate surface area is 120 Å². The van der Waals surface area contributed by atoms with E-state index in [2.05, 4.69) is 25.6 Å². The molecule has 7 heteroatoms.